The maximum atomic E-state index is 13.7. The predicted octanol–water partition coefficient (Wildman–Crippen LogP) is 3.00. The number of nitrogens with zero attached hydrogens (tertiary/aromatic N) is 3. The van der Waals surface area contributed by atoms with Crippen LogP contribution >= 0.6 is 0 Å². The molecule has 0 saturated carbocycles. The van der Waals surface area contributed by atoms with Gasteiger partial charge in [0.25, 0.3) is 17.0 Å². The number of pyridine rings is 2. The lowest BCUT2D eigenvalue weighted by molar-refractivity contribution is 0.0595. The van der Waals surface area contributed by atoms with Gasteiger partial charge in [0, 0.05) is 60.3 Å². The van der Waals surface area contributed by atoms with Gasteiger partial charge in [-0.2, -0.15) is 0 Å². The summed E-state index contributed by atoms with van der Waals surface area (Å²) >= 11 is 0. The Morgan fingerprint density at radius 2 is 1.73 bits per heavy atom. The van der Waals surface area contributed by atoms with Crippen molar-refractivity contribution in [1.82, 2.24) is 14.0 Å². The van der Waals surface area contributed by atoms with Crippen molar-refractivity contribution in [2.24, 2.45) is 5.92 Å². The molecule has 2 aliphatic heterocycles. The number of piperidine rings is 1. The summed E-state index contributed by atoms with van der Waals surface area (Å²) in [6, 6.07) is 12.7. The second kappa shape index (κ2) is 6.97. The van der Waals surface area contributed by atoms with Crippen LogP contribution in [0, 0.1) is 5.92 Å². The molecule has 0 radical (unpaired) electrons. The van der Waals surface area contributed by atoms with Crippen LogP contribution in [0.15, 0.2) is 58.3 Å². The molecule has 2 aliphatic rings. The molecule has 0 unspecified atom stereocenters. The second-order valence-corrected chi connectivity index (χ2v) is 8.80. The minimum absolute atomic E-state index is 0.0341. The Morgan fingerprint density at radius 1 is 0.967 bits per heavy atom. The monoisotopic (exact) mass is 403 g/mol. The highest BCUT2D eigenvalue weighted by Crippen LogP contribution is 2.35. The van der Waals surface area contributed by atoms with E-state index in [1.807, 2.05) is 47.6 Å². The fourth-order valence-electron chi connectivity index (χ4n) is 5.10. The molecule has 2 aromatic heterocycles. The molecular formula is C24H25N3O3. The first-order chi connectivity index (χ1) is 14.4. The minimum atomic E-state index is -0.0685. The van der Waals surface area contributed by atoms with Crippen LogP contribution in [0.4, 0.5) is 0 Å². The molecule has 1 aromatic carbocycles. The first-order valence-corrected chi connectivity index (χ1v) is 10.6. The fraction of sp³-hybridized carbons (Fsp3) is 0.375. The van der Waals surface area contributed by atoms with Gasteiger partial charge in [0.15, 0.2) is 0 Å². The maximum Gasteiger partial charge on any atom is 0.258 e. The van der Waals surface area contributed by atoms with Crippen LogP contribution in [-0.4, -0.2) is 33.0 Å². The molecule has 154 valence electrons. The highest BCUT2D eigenvalue weighted by Gasteiger charge is 2.37. The summed E-state index contributed by atoms with van der Waals surface area (Å²) in [5, 5.41) is 1.28. The van der Waals surface area contributed by atoms with Gasteiger partial charge in [0.1, 0.15) is 0 Å². The van der Waals surface area contributed by atoms with E-state index < -0.39 is 0 Å². The van der Waals surface area contributed by atoms with Gasteiger partial charge in [0.2, 0.25) is 0 Å². The van der Waals surface area contributed by atoms with E-state index in [4.69, 9.17) is 0 Å². The number of carbonyl (C=O) groups excluding carboxylic acids is 1. The molecule has 2 bridgehead atoms. The molecule has 6 heteroatoms. The topological polar surface area (TPSA) is 64.3 Å². The van der Waals surface area contributed by atoms with Crippen LogP contribution in [0.1, 0.15) is 48.3 Å². The van der Waals surface area contributed by atoms with E-state index in [1.54, 1.807) is 29.0 Å². The van der Waals surface area contributed by atoms with Gasteiger partial charge in [-0.05, 0) is 38.3 Å². The zero-order chi connectivity index (χ0) is 21.0. The number of likely N-dealkylation sites (tertiary alicyclic amines) is 1. The number of rotatable bonds is 2. The molecule has 3 aromatic rings. The summed E-state index contributed by atoms with van der Waals surface area (Å²) in [5.41, 5.74) is 1.57. The third kappa shape index (κ3) is 2.90. The Labute approximate surface area is 174 Å². The lowest BCUT2D eigenvalue weighted by atomic mass is 9.83. The Balaban J connectivity index is 1.57. The number of fused-ring (bicyclic) bond motifs is 5. The van der Waals surface area contributed by atoms with E-state index in [2.05, 4.69) is 0 Å². The number of benzene rings is 1. The van der Waals surface area contributed by atoms with Crippen molar-refractivity contribution in [3.8, 4) is 0 Å². The van der Waals surface area contributed by atoms with Crippen LogP contribution < -0.4 is 11.1 Å². The largest absolute Gasteiger partial charge is 0.338 e. The van der Waals surface area contributed by atoms with Crippen molar-refractivity contribution in [1.29, 1.82) is 0 Å². The zero-order valence-corrected chi connectivity index (χ0v) is 17.2. The van der Waals surface area contributed by atoms with E-state index in [0.29, 0.717) is 36.0 Å². The molecule has 6 nitrogen and oxygen atoms in total. The number of carbonyl (C=O) groups is 1. The van der Waals surface area contributed by atoms with Crippen LogP contribution in [0.25, 0.3) is 10.8 Å². The van der Waals surface area contributed by atoms with Crippen molar-refractivity contribution in [2.75, 3.05) is 13.1 Å². The van der Waals surface area contributed by atoms with Crippen molar-refractivity contribution >= 4 is 16.7 Å². The normalized spacial score (nSPS) is 20.4. The van der Waals surface area contributed by atoms with Crippen LogP contribution in [-0.2, 0) is 6.54 Å². The first kappa shape index (κ1) is 18.9. The van der Waals surface area contributed by atoms with Crippen molar-refractivity contribution < 1.29 is 4.79 Å². The summed E-state index contributed by atoms with van der Waals surface area (Å²) in [4.78, 5) is 40.7. The Bertz CT molecular complexity index is 1270. The van der Waals surface area contributed by atoms with Crippen molar-refractivity contribution in [3.05, 3.63) is 80.6 Å². The van der Waals surface area contributed by atoms with Gasteiger partial charge in [-0.25, -0.2) is 0 Å². The second-order valence-electron chi connectivity index (χ2n) is 8.80. The van der Waals surface area contributed by atoms with E-state index in [0.717, 1.165) is 12.1 Å². The summed E-state index contributed by atoms with van der Waals surface area (Å²) in [7, 11) is 0. The van der Waals surface area contributed by atoms with Crippen LogP contribution in [0.3, 0.4) is 0 Å². The molecule has 30 heavy (non-hydrogen) atoms. The molecule has 0 spiro atoms. The van der Waals surface area contributed by atoms with Gasteiger partial charge in [0.05, 0.1) is 5.56 Å². The first-order valence-electron chi connectivity index (χ1n) is 10.6. The number of hydrogen-bond donors (Lipinski definition) is 0. The highest BCUT2D eigenvalue weighted by atomic mass is 16.2. The summed E-state index contributed by atoms with van der Waals surface area (Å²) < 4.78 is 3.52. The molecule has 1 saturated heterocycles. The average Bonchev–Trinajstić information content (AvgIpc) is 2.74. The standard InChI is InChI=1S/C24H25N3O3/c1-15(2)26-14-20(18-6-3-4-7-19(18)24(26)30)23(29)25-11-16-10-17(13-25)21-8-5-9-22(28)27(21)12-16/h3-9,14-17H,10-13H2,1-2H3/t16-,17+/m1/s1. The average molecular weight is 403 g/mol. The summed E-state index contributed by atoms with van der Waals surface area (Å²) in [6.07, 6.45) is 2.72. The quantitative estimate of drug-likeness (QED) is 0.661. The minimum Gasteiger partial charge on any atom is -0.338 e. The maximum absolute atomic E-state index is 13.7. The van der Waals surface area contributed by atoms with Crippen molar-refractivity contribution in [2.45, 2.75) is 38.8 Å². The summed E-state index contributed by atoms with van der Waals surface area (Å²) in [6.45, 7) is 5.77. The van der Waals surface area contributed by atoms with Gasteiger partial charge < -0.3 is 14.0 Å². The SMILES string of the molecule is CC(C)n1cc(C(=O)N2C[C@H]3C[C@@H](C2)c2cccc(=O)n2C3)c2ccccc2c1=O. The molecular weight excluding hydrogens is 378 g/mol. The predicted molar refractivity (Wildman–Crippen MR) is 116 cm³/mol. The van der Waals surface area contributed by atoms with Crippen molar-refractivity contribution in [3.63, 3.8) is 0 Å². The molecule has 0 aliphatic carbocycles. The third-order valence-corrected chi connectivity index (χ3v) is 6.50. The van der Waals surface area contributed by atoms with E-state index in [9.17, 15) is 14.4 Å². The molecule has 4 heterocycles. The lowest BCUT2D eigenvalue weighted by Crippen LogP contribution is -2.49. The number of aromatic nitrogens is 2. The van der Waals surface area contributed by atoms with Crippen LogP contribution in [0.2, 0.25) is 0 Å². The molecule has 2 atom stereocenters. The van der Waals surface area contributed by atoms with Gasteiger partial charge in [-0.3, -0.25) is 14.4 Å². The molecule has 0 N–H and O–H groups in total. The Hall–Kier alpha value is -3.15. The highest BCUT2D eigenvalue weighted by molar-refractivity contribution is 6.06. The number of amides is 1. The molecule has 5 rings (SSSR count). The lowest BCUT2D eigenvalue weighted by Gasteiger charge is -2.42. The number of hydrogen-bond acceptors (Lipinski definition) is 3. The summed E-state index contributed by atoms with van der Waals surface area (Å²) in [5.74, 6) is 0.391. The van der Waals surface area contributed by atoms with E-state index in [1.165, 1.54) is 0 Å². The zero-order valence-electron chi connectivity index (χ0n) is 17.2. The fourth-order valence-corrected chi connectivity index (χ4v) is 5.10. The molecule has 1 amide bonds. The van der Waals surface area contributed by atoms with E-state index in [-0.39, 0.29) is 34.9 Å². The van der Waals surface area contributed by atoms with Gasteiger partial charge >= 0.3 is 0 Å². The Morgan fingerprint density at radius 3 is 2.50 bits per heavy atom. The smallest absolute Gasteiger partial charge is 0.258 e. The van der Waals surface area contributed by atoms with Crippen LogP contribution in [0.5, 0.6) is 0 Å². The van der Waals surface area contributed by atoms with E-state index >= 15 is 0 Å². The van der Waals surface area contributed by atoms with Gasteiger partial charge in [-0.1, -0.05) is 24.3 Å². The molecule has 1 fully saturated rings. The van der Waals surface area contributed by atoms with Gasteiger partial charge in [-0.15, -0.1) is 0 Å². The Kier molecular flexibility index (Phi) is 4.38. The third-order valence-electron chi connectivity index (χ3n) is 6.50.